The number of benzene rings is 2. The van der Waals surface area contributed by atoms with Gasteiger partial charge in [0.05, 0.1) is 27.0 Å². The van der Waals surface area contributed by atoms with Gasteiger partial charge in [-0.15, -0.1) is 11.3 Å². The normalized spacial score (nSPS) is 14.9. The molecule has 0 spiro atoms. The van der Waals surface area contributed by atoms with Crippen molar-refractivity contribution in [1.29, 1.82) is 0 Å². The van der Waals surface area contributed by atoms with E-state index in [0.29, 0.717) is 36.0 Å². The maximum atomic E-state index is 13.9. The number of para-hydroxylation sites is 1. The van der Waals surface area contributed by atoms with Gasteiger partial charge >= 0.3 is 0 Å². The Kier molecular flexibility index (Phi) is 5.51. The summed E-state index contributed by atoms with van der Waals surface area (Å²) in [6.45, 7) is 1.48. The second-order valence-corrected chi connectivity index (χ2v) is 8.84. The van der Waals surface area contributed by atoms with E-state index in [1.165, 1.54) is 22.0 Å². The number of thiazole rings is 1. The number of carbonyl (C=O) groups excluding carboxylic acids is 1. The predicted molar refractivity (Wildman–Crippen MR) is 118 cm³/mol. The summed E-state index contributed by atoms with van der Waals surface area (Å²) in [5.41, 5.74) is 1.44. The Morgan fingerprint density at radius 2 is 1.90 bits per heavy atom. The molecule has 3 heterocycles. The van der Waals surface area contributed by atoms with E-state index < -0.39 is 0 Å². The zero-order chi connectivity index (χ0) is 21.2. The molecule has 0 atom stereocenters. The van der Waals surface area contributed by atoms with Gasteiger partial charge in [0.15, 0.2) is 11.7 Å². The number of amides is 1. The summed E-state index contributed by atoms with van der Waals surface area (Å²) in [4.78, 5) is 23.6. The van der Waals surface area contributed by atoms with Crippen LogP contribution in [0.3, 0.4) is 0 Å². The van der Waals surface area contributed by atoms with Gasteiger partial charge < -0.3 is 9.32 Å². The molecule has 1 amide bonds. The van der Waals surface area contributed by atoms with Crippen LogP contribution >= 0.6 is 11.3 Å². The molecule has 0 bridgehead atoms. The highest BCUT2D eigenvalue weighted by Crippen LogP contribution is 2.34. The number of oxazole rings is 1. The number of aromatic nitrogens is 2. The second kappa shape index (κ2) is 8.59. The number of halogens is 1. The van der Waals surface area contributed by atoms with Crippen molar-refractivity contribution in [3.05, 3.63) is 71.4 Å². The average molecular weight is 436 g/mol. The van der Waals surface area contributed by atoms with Crippen LogP contribution < -0.4 is 0 Å². The molecule has 0 radical (unpaired) electrons. The van der Waals surface area contributed by atoms with E-state index in [-0.39, 0.29) is 11.7 Å². The van der Waals surface area contributed by atoms with Gasteiger partial charge in [-0.05, 0) is 37.1 Å². The van der Waals surface area contributed by atoms with Crippen molar-refractivity contribution in [2.24, 2.45) is 0 Å². The fraction of sp³-hybridized carbons (Fsp3) is 0.292. The summed E-state index contributed by atoms with van der Waals surface area (Å²) in [6.07, 6.45) is 4.12. The molecule has 31 heavy (non-hydrogen) atoms. The van der Waals surface area contributed by atoms with Gasteiger partial charge in [-0.3, -0.25) is 4.79 Å². The van der Waals surface area contributed by atoms with Gasteiger partial charge in [-0.2, -0.15) is 0 Å². The summed E-state index contributed by atoms with van der Waals surface area (Å²) >= 11 is 1.76. The number of fused-ring (bicyclic) bond motifs is 1. The summed E-state index contributed by atoms with van der Waals surface area (Å²) in [5, 5.41) is 1.17. The molecule has 0 unspecified atom stereocenters. The van der Waals surface area contributed by atoms with E-state index >= 15 is 0 Å². The monoisotopic (exact) mass is 435 g/mol. The molecule has 158 valence electrons. The summed E-state index contributed by atoms with van der Waals surface area (Å²) < 4.78 is 20.8. The number of likely N-dealkylation sites (tertiary alicyclic amines) is 1. The van der Waals surface area contributed by atoms with Crippen molar-refractivity contribution in [2.75, 3.05) is 13.1 Å². The Morgan fingerprint density at radius 1 is 1.13 bits per heavy atom. The van der Waals surface area contributed by atoms with Gasteiger partial charge in [-0.25, -0.2) is 14.4 Å². The lowest BCUT2D eigenvalue weighted by atomic mass is 9.97. The summed E-state index contributed by atoms with van der Waals surface area (Å²) in [7, 11) is 0. The molecular weight excluding hydrogens is 413 g/mol. The minimum Gasteiger partial charge on any atom is -0.441 e. The van der Waals surface area contributed by atoms with Crippen molar-refractivity contribution in [3.63, 3.8) is 0 Å². The molecule has 0 N–H and O–H groups in total. The third-order valence-electron chi connectivity index (χ3n) is 5.75. The molecule has 2 aromatic carbocycles. The van der Waals surface area contributed by atoms with Crippen molar-refractivity contribution in [2.45, 2.75) is 31.6 Å². The fourth-order valence-corrected chi connectivity index (χ4v) is 5.16. The van der Waals surface area contributed by atoms with Crippen LogP contribution in [0.2, 0.25) is 0 Å². The predicted octanol–water partition coefficient (Wildman–Crippen LogP) is 5.43. The number of hydrogen-bond donors (Lipinski definition) is 0. The van der Waals surface area contributed by atoms with Crippen LogP contribution in [0.25, 0.3) is 21.5 Å². The van der Waals surface area contributed by atoms with Gasteiger partial charge in [0.25, 0.3) is 0 Å². The minimum absolute atomic E-state index is 0.105. The SMILES string of the molecule is O=C(CCc1ncc(-c2ccccc2F)o1)N1CCC(c2nc3ccccc3s2)CC1. The largest absolute Gasteiger partial charge is 0.441 e. The molecule has 1 fully saturated rings. The van der Waals surface area contributed by atoms with Gasteiger partial charge in [0, 0.05) is 31.8 Å². The quantitative estimate of drug-likeness (QED) is 0.419. The highest BCUT2D eigenvalue weighted by molar-refractivity contribution is 7.18. The molecule has 1 aliphatic heterocycles. The summed E-state index contributed by atoms with van der Waals surface area (Å²) in [6, 6.07) is 14.6. The first-order chi connectivity index (χ1) is 15.2. The maximum absolute atomic E-state index is 13.9. The van der Waals surface area contributed by atoms with Crippen molar-refractivity contribution >= 4 is 27.5 Å². The number of rotatable bonds is 5. The lowest BCUT2D eigenvalue weighted by Gasteiger charge is -2.31. The Labute approximate surface area is 183 Å². The Hall–Kier alpha value is -3.06. The first-order valence-corrected chi connectivity index (χ1v) is 11.3. The van der Waals surface area contributed by atoms with E-state index in [1.807, 2.05) is 23.1 Å². The maximum Gasteiger partial charge on any atom is 0.223 e. The summed E-state index contributed by atoms with van der Waals surface area (Å²) in [5.74, 6) is 1.01. The molecule has 0 aliphatic carbocycles. The zero-order valence-corrected chi connectivity index (χ0v) is 17.8. The number of hydrogen-bond acceptors (Lipinski definition) is 5. The first kappa shape index (κ1) is 19.9. The molecule has 0 saturated carbocycles. The molecule has 2 aromatic heterocycles. The zero-order valence-electron chi connectivity index (χ0n) is 17.0. The van der Waals surface area contributed by atoms with Crippen LogP contribution in [0, 0.1) is 5.82 Å². The van der Waals surface area contributed by atoms with Crippen LogP contribution in [-0.2, 0) is 11.2 Å². The van der Waals surface area contributed by atoms with E-state index in [2.05, 4.69) is 11.1 Å². The Bertz CT molecular complexity index is 1180. The lowest BCUT2D eigenvalue weighted by Crippen LogP contribution is -2.38. The minimum atomic E-state index is -0.350. The molecule has 7 heteroatoms. The molecule has 5 nitrogen and oxygen atoms in total. The molecular formula is C24H22FN3O2S. The van der Waals surface area contributed by atoms with Crippen LogP contribution in [0.1, 0.15) is 36.1 Å². The molecule has 1 aliphatic rings. The number of piperidine rings is 1. The van der Waals surface area contributed by atoms with Gasteiger partial charge in [0.2, 0.25) is 5.91 Å². The van der Waals surface area contributed by atoms with E-state index in [1.54, 1.807) is 29.5 Å². The Balaban J connectivity index is 1.15. The molecule has 4 aromatic rings. The fourth-order valence-electron chi connectivity index (χ4n) is 4.02. The number of carbonyl (C=O) groups is 1. The second-order valence-electron chi connectivity index (χ2n) is 7.77. The van der Waals surface area contributed by atoms with Crippen LogP contribution in [0.5, 0.6) is 0 Å². The van der Waals surface area contributed by atoms with E-state index in [4.69, 9.17) is 9.40 Å². The van der Waals surface area contributed by atoms with Crippen LogP contribution in [0.4, 0.5) is 4.39 Å². The third kappa shape index (κ3) is 4.23. The lowest BCUT2D eigenvalue weighted by molar-refractivity contribution is -0.132. The van der Waals surface area contributed by atoms with Gasteiger partial charge in [-0.1, -0.05) is 24.3 Å². The van der Waals surface area contributed by atoms with E-state index in [9.17, 15) is 9.18 Å². The van der Waals surface area contributed by atoms with Crippen molar-refractivity contribution in [1.82, 2.24) is 14.9 Å². The van der Waals surface area contributed by atoms with Crippen LogP contribution in [0.15, 0.2) is 59.1 Å². The highest BCUT2D eigenvalue weighted by atomic mass is 32.1. The highest BCUT2D eigenvalue weighted by Gasteiger charge is 2.26. The Morgan fingerprint density at radius 3 is 2.71 bits per heavy atom. The standard InChI is InChI=1S/C24H22FN3O2S/c25-18-6-2-1-5-17(18)20-15-26-22(30-20)9-10-23(29)28-13-11-16(12-14-28)24-27-19-7-3-4-8-21(19)31-24/h1-8,15-16H,9-14H2. The molecule has 1 saturated heterocycles. The van der Waals surface area contributed by atoms with Crippen molar-refractivity contribution in [3.8, 4) is 11.3 Å². The topological polar surface area (TPSA) is 59.2 Å². The molecule has 5 rings (SSSR count). The number of nitrogens with zero attached hydrogens (tertiary/aromatic N) is 3. The third-order valence-corrected chi connectivity index (χ3v) is 6.95. The smallest absolute Gasteiger partial charge is 0.223 e. The van der Waals surface area contributed by atoms with Crippen molar-refractivity contribution < 1.29 is 13.6 Å². The van der Waals surface area contributed by atoms with Crippen LogP contribution in [-0.4, -0.2) is 33.9 Å². The van der Waals surface area contributed by atoms with E-state index in [0.717, 1.165) is 31.4 Å². The first-order valence-electron chi connectivity index (χ1n) is 10.5. The number of aryl methyl sites for hydroxylation is 1. The van der Waals surface area contributed by atoms with Gasteiger partial charge in [0.1, 0.15) is 5.82 Å². The average Bonchev–Trinajstić information content (AvgIpc) is 3.45.